The highest BCUT2D eigenvalue weighted by Crippen LogP contribution is 2.52. The van der Waals surface area contributed by atoms with Crippen LogP contribution < -0.4 is 10.6 Å². The molecule has 0 unspecified atom stereocenters. The molecule has 0 radical (unpaired) electrons. The SMILES string of the molecule is CCSc1ccsc1[C@H]1C(C#N)=C(N)N(c2cccc(Cl)c2)C2=C1C(=O)CC(C)(C)C2. The van der Waals surface area contributed by atoms with Crippen LogP contribution in [0.3, 0.4) is 0 Å². The third-order valence-corrected chi connectivity index (χ3v) is 7.97. The van der Waals surface area contributed by atoms with E-state index in [1.165, 1.54) is 0 Å². The maximum absolute atomic E-state index is 13.5. The van der Waals surface area contributed by atoms with Crippen LogP contribution >= 0.6 is 34.7 Å². The minimum atomic E-state index is -0.423. The van der Waals surface area contributed by atoms with Crippen LogP contribution in [0.5, 0.6) is 0 Å². The molecular formula is C24H24ClN3OS2. The van der Waals surface area contributed by atoms with Crippen LogP contribution in [0.4, 0.5) is 5.69 Å². The Kier molecular flexibility index (Phi) is 5.95. The van der Waals surface area contributed by atoms with Crippen molar-refractivity contribution in [1.29, 1.82) is 5.26 Å². The number of carbonyl (C=O) groups is 1. The van der Waals surface area contributed by atoms with Gasteiger partial charge >= 0.3 is 0 Å². The Morgan fingerprint density at radius 3 is 2.81 bits per heavy atom. The maximum atomic E-state index is 13.5. The van der Waals surface area contributed by atoms with Crippen molar-refractivity contribution in [2.45, 2.75) is 44.4 Å². The number of nitrogens with two attached hydrogens (primary N) is 1. The Bertz CT molecular complexity index is 1160. The van der Waals surface area contributed by atoms with Gasteiger partial charge in [-0.1, -0.05) is 38.4 Å². The maximum Gasteiger partial charge on any atom is 0.162 e. The summed E-state index contributed by atoms with van der Waals surface area (Å²) in [7, 11) is 0. The zero-order valence-corrected chi connectivity index (χ0v) is 20.1. The number of thioether (sulfide) groups is 1. The molecule has 2 aliphatic rings. The summed E-state index contributed by atoms with van der Waals surface area (Å²) >= 11 is 9.59. The first-order valence-electron chi connectivity index (χ1n) is 10.2. The molecular weight excluding hydrogens is 446 g/mol. The third kappa shape index (κ3) is 3.91. The topological polar surface area (TPSA) is 70.1 Å². The van der Waals surface area contributed by atoms with E-state index in [1.54, 1.807) is 29.2 Å². The molecule has 4 nitrogen and oxygen atoms in total. The minimum absolute atomic E-state index is 0.0874. The first kappa shape index (κ1) is 22.0. The molecule has 2 heterocycles. The smallest absolute Gasteiger partial charge is 0.162 e. The summed E-state index contributed by atoms with van der Waals surface area (Å²) in [4.78, 5) is 17.6. The van der Waals surface area contributed by atoms with Crippen LogP contribution in [-0.2, 0) is 4.79 Å². The molecule has 1 aromatic carbocycles. The number of carbonyl (C=O) groups excluding carboxylic acids is 1. The summed E-state index contributed by atoms with van der Waals surface area (Å²) in [6.07, 6.45) is 1.14. The van der Waals surface area contributed by atoms with Crippen LogP contribution in [0, 0.1) is 16.7 Å². The van der Waals surface area contributed by atoms with Crippen molar-refractivity contribution in [3.8, 4) is 6.07 Å². The van der Waals surface area contributed by atoms with Gasteiger partial charge in [0.25, 0.3) is 0 Å². The van der Waals surface area contributed by atoms with E-state index in [-0.39, 0.29) is 11.2 Å². The molecule has 0 spiro atoms. The lowest BCUT2D eigenvalue weighted by Crippen LogP contribution is -2.42. The lowest BCUT2D eigenvalue weighted by atomic mass is 9.69. The van der Waals surface area contributed by atoms with Gasteiger partial charge in [-0.15, -0.1) is 23.1 Å². The molecule has 160 valence electrons. The molecule has 0 fully saturated rings. The van der Waals surface area contributed by atoms with E-state index < -0.39 is 5.92 Å². The number of rotatable bonds is 4. The van der Waals surface area contributed by atoms with Crippen molar-refractivity contribution in [3.63, 3.8) is 0 Å². The molecule has 31 heavy (non-hydrogen) atoms. The molecule has 2 N–H and O–H groups in total. The van der Waals surface area contributed by atoms with E-state index in [0.29, 0.717) is 34.8 Å². The minimum Gasteiger partial charge on any atom is -0.384 e. The van der Waals surface area contributed by atoms with Crippen molar-refractivity contribution in [2.75, 3.05) is 10.7 Å². The number of thiophene rings is 1. The van der Waals surface area contributed by atoms with Crippen LogP contribution in [0.1, 0.15) is 44.4 Å². The fourth-order valence-electron chi connectivity index (χ4n) is 4.48. The molecule has 2 aromatic rings. The molecule has 0 saturated carbocycles. The van der Waals surface area contributed by atoms with E-state index in [0.717, 1.165) is 26.9 Å². The first-order valence-corrected chi connectivity index (χ1v) is 12.4. The van der Waals surface area contributed by atoms with Gasteiger partial charge < -0.3 is 5.73 Å². The number of nitriles is 1. The average Bonchev–Trinajstić information content (AvgIpc) is 3.14. The molecule has 0 saturated heterocycles. The van der Waals surface area contributed by atoms with Gasteiger partial charge in [0, 0.05) is 38.2 Å². The lowest BCUT2D eigenvalue weighted by Gasteiger charge is -2.43. The Morgan fingerprint density at radius 1 is 1.35 bits per heavy atom. The Hall–Kier alpha value is -2.20. The normalized spacial score (nSPS) is 20.7. The van der Waals surface area contributed by atoms with Crippen LogP contribution in [0.15, 0.2) is 63.3 Å². The highest BCUT2D eigenvalue weighted by atomic mass is 35.5. The second-order valence-electron chi connectivity index (χ2n) is 8.54. The molecule has 1 aliphatic carbocycles. The second kappa shape index (κ2) is 8.38. The molecule has 1 atom stereocenters. The monoisotopic (exact) mass is 469 g/mol. The molecule has 0 amide bonds. The van der Waals surface area contributed by atoms with Gasteiger partial charge in [0.05, 0.1) is 17.6 Å². The summed E-state index contributed by atoms with van der Waals surface area (Å²) in [6, 6.07) is 11.8. The molecule has 1 aliphatic heterocycles. The summed E-state index contributed by atoms with van der Waals surface area (Å²) in [6.45, 7) is 6.30. The number of halogens is 1. The van der Waals surface area contributed by atoms with Gasteiger partial charge in [-0.3, -0.25) is 9.69 Å². The van der Waals surface area contributed by atoms with E-state index in [2.05, 4.69) is 32.9 Å². The summed E-state index contributed by atoms with van der Waals surface area (Å²) in [5, 5.41) is 12.8. The van der Waals surface area contributed by atoms with E-state index in [1.807, 2.05) is 28.5 Å². The average molecular weight is 470 g/mol. The standard InChI is InChI=1S/C24H24ClN3OS2/c1-4-30-19-8-9-31-22(19)20-16(13-26)23(27)28(15-7-5-6-14(25)10-15)17-11-24(2,3)12-18(29)21(17)20/h5-10,20H,4,11-12,27H2,1-3H3/t20-/m0/s1. The Morgan fingerprint density at radius 2 is 2.13 bits per heavy atom. The number of anilines is 1. The predicted molar refractivity (Wildman–Crippen MR) is 129 cm³/mol. The number of hydrogen-bond acceptors (Lipinski definition) is 6. The van der Waals surface area contributed by atoms with Crippen molar-refractivity contribution in [2.24, 2.45) is 11.1 Å². The Labute approximate surface area is 196 Å². The molecule has 7 heteroatoms. The number of allylic oxidation sites excluding steroid dienone is 3. The van der Waals surface area contributed by atoms with Gasteiger partial charge in [-0.25, -0.2) is 0 Å². The van der Waals surface area contributed by atoms with Gasteiger partial charge in [0.1, 0.15) is 5.82 Å². The second-order valence-corrected chi connectivity index (χ2v) is 11.2. The van der Waals surface area contributed by atoms with Gasteiger partial charge in [0.15, 0.2) is 5.78 Å². The Balaban J connectivity index is 2.00. The van der Waals surface area contributed by atoms with Crippen molar-refractivity contribution in [3.05, 3.63) is 68.3 Å². The molecule has 4 rings (SSSR count). The lowest BCUT2D eigenvalue weighted by molar-refractivity contribution is -0.118. The number of benzene rings is 1. The quantitative estimate of drug-likeness (QED) is 0.520. The number of hydrogen-bond donors (Lipinski definition) is 1. The highest BCUT2D eigenvalue weighted by Gasteiger charge is 2.45. The molecule has 1 aromatic heterocycles. The zero-order valence-electron chi connectivity index (χ0n) is 17.7. The molecule has 0 bridgehead atoms. The van der Waals surface area contributed by atoms with Crippen molar-refractivity contribution < 1.29 is 4.79 Å². The van der Waals surface area contributed by atoms with Crippen molar-refractivity contribution >= 4 is 46.2 Å². The van der Waals surface area contributed by atoms with Gasteiger partial charge in [-0.2, -0.15) is 5.26 Å². The summed E-state index contributed by atoms with van der Waals surface area (Å²) in [5.41, 5.74) is 9.24. The zero-order chi connectivity index (χ0) is 22.3. The van der Waals surface area contributed by atoms with E-state index in [9.17, 15) is 10.1 Å². The van der Waals surface area contributed by atoms with Crippen LogP contribution in [0.25, 0.3) is 0 Å². The van der Waals surface area contributed by atoms with E-state index in [4.69, 9.17) is 17.3 Å². The van der Waals surface area contributed by atoms with Crippen LogP contribution in [-0.4, -0.2) is 11.5 Å². The fourth-order valence-corrected chi connectivity index (χ4v) is 6.71. The fraction of sp³-hybridized carbons (Fsp3) is 0.333. The van der Waals surface area contributed by atoms with Crippen LogP contribution in [0.2, 0.25) is 5.02 Å². The first-order chi connectivity index (χ1) is 14.8. The summed E-state index contributed by atoms with van der Waals surface area (Å²) in [5.74, 6) is 0.955. The highest BCUT2D eigenvalue weighted by molar-refractivity contribution is 7.99. The third-order valence-electron chi connectivity index (χ3n) is 5.67. The predicted octanol–water partition coefficient (Wildman–Crippen LogP) is 6.45. The number of Topliss-reactive ketones (excluding diaryl/α,β-unsaturated/α-hetero) is 1. The van der Waals surface area contributed by atoms with E-state index >= 15 is 0 Å². The van der Waals surface area contributed by atoms with Gasteiger partial charge in [-0.05, 0) is 47.2 Å². The number of nitrogens with zero attached hydrogens (tertiary/aromatic N) is 2. The van der Waals surface area contributed by atoms with Gasteiger partial charge in [0.2, 0.25) is 0 Å². The van der Waals surface area contributed by atoms with Crippen molar-refractivity contribution in [1.82, 2.24) is 0 Å². The summed E-state index contributed by atoms with van der Waals surface area (Å²) < 4.78 is 0. The number of ketones is 1. The largest absolute Gasteiger partial charge is 0.384 e.